The lowest BCUT2D eigenvalue weighted by molar-refractivity contribution is 0.0697. The van der Waals surface area contributed by atoms with Crippen molar-refractivity contribution in [3.8, 4) is 17.2 Å². The quantitative estimate of drug-likeness (QED) is 0.515. The van der Waals surface area contributed by atoms with Gasteiger partial charge in [0, 0.05) is 5.56 Å². The summed E-state index contributed by atoms with van der Waals surface area (Å²) in [4.78, 5) is 24.1. The monoisotopic (exact) mass is 432 g/mol. The highest BCUT2D eigenvalue weighted by molar-refractivity contribution is 7.80. The maximum Gasteiger partial charge on any atom is 0.337 e. The first-order valence-electron chi connectivity index (χ1n) is 9.42. The predicted octanol–water partition coefficient (Wildman–Crippen LogP) is 3.71. The fourth-order valence-electron chi connectivity index (χ4n) is 2.63. The van der Waals surface area contributed by atoms with E-state index in [1.54, 1.807) is 30.3 Å². The van der Waals surface area contributed by atoms with Crippen molar-refractivity contribution in [3.05, 3.63) is 47.5 Å². The van der Waals surface area contributed by atoms with Crippen LogP contribution in [0, 0.1) is 0 Å². The number of para-hydroxylation sites is 1. The Labute approximate surface area is 180 Å². The van der Waals surface area contributed by atoms with Crippen molar-refractivity contribution in [1.29, 1.82) is 0 Å². The van der Waals surface area contributed by atoms with E-state index in [-0.39, 0.29) is 21.9 Å². The van der Waals surface area contributed by atoms with Crippen LogP contribution in [0.5, 0.6) is 17.2 Å². The Balaban J connectivity index is 2.25. The van der Waals surface area contributed by atoms with Gasteiger partial charge < -0.3 is 24.6 Å². The van der Waals surface area contributed by atoms with Crippen molar-refractivity contribution in [2.75, 3.05) is 25.1 Å². The minimum absolute atomic E-state index is 0.0347. The van der Waals surface area contributed by atoms with E-state index in [4.69, 9.17) is 26.4 Å². The molecule has 0 aliphatic rings. The lowest BCUT2D eigenvalue weighted by Crippen LogP contribution is -2.34. The van der Waals surface area contributed by atoms with E-state index in [9.17, 15) is 14.7 Å². The van der Waals surface area contributed by atoms with Gasteiger partial charge in [-0.15, -0.1) is 0 Å². The molecule has 0 aliphatic heterocycles. The van der Waals surface area contributed by atoms with Gasteiger partial charge >= 0.3 is 5.97 Å². The molecule has 0 radical (unpaired) electrons. The lowest BCUT2D eigenvalue weighted by Gasteiger charge is -2.17. The Morgan fingerprint density at radius 1 is 0.967 bits per heavy atom. The minimum atomic E-state index is -1.11. The standard InChI is InChI=1S/C21H24N2O6S/c1-4-27-16-11-13(12-17(28-5-2)18(16)29-6-3)19(24)23-21(30)22-15-10-8-7-9-14(15)20(25)26/h7-12H,4-6H2,1-3H3,(H,25,26)(H2,22,23,24,30). The third-order valence-corrected chi connectivity index (χ3v) is 4.01. The van der Waals surface area contributed by atoms with E-state index in [2.05, 4.69) is 10.6 Å². The molecular formula is C21H24N2O6S. The number of hydrogen-bond donors (Lipinski definition) is 3. The highest BCUT2D eigenvalue weighted by Gasteiger charge is 2.19. The van der Waals surface area contributed by atoms with Crippen molar-refractivity contribution < 1.29 is 28.9 Å². The van der Waals surface area contributed by atoms with Crippen LogP contribution < -0.4 is 24.8 Å². The fourth-order valence-corrected chi connectivity index (χ4v) is 2.83. The Hall–Kier alpha value is -3.33. The number of nitrogens with one attached hydrogen (secondary N) is 2. The number of carboxylic acid groups (broad SMARTS) is 1. The molecule has 0 aromatic heterocycles. The summed E-state index contributed by atoms with van der Waals surface area (Å²) in [6.07, 6.45) is 0. The number of thiocarbonyl (C=S) groups is 1. The summed E-state index contributed by atoms with van der Waals surface area (Å²) >= 11 is 5.17. The molecule has 0 spiro atoms. The van der Waals surface area contributed by atoms with Gasteiger partial charge in [-0.3, -0.25) is 10.1 Å². The van der Waals surface area contributed by atoms with E-state index in [0.717, 1.165) is 0 Å². The molecule has 1 amide bonds. The summed E-state index contributed by atoms with van der Waals surface area (Å²) in [5.41, 5.74) is 0.556. The van der Waals surface area contributed by atoms with E-state index < -0.39 is 11.9 Å². The van der Waals surface area contributed by atoms with Gasteiger partial charge in [-0.2, -0.15) is 0 Å². The minimum Gasteiger partial charge on any atom is -0.490 e. The summed E-state index contributed by atoms with van der Waals surface area (Å²) in [6.45, 7) is 6.64. The van der Waals surface area contributed by atoms with Crippen molar-refractivity contribution in [2.24, 2.45) is 0 Å². The Morgan fingerprint density at radius 3 is 2.07 bits per heavy atom. The zero-order valence-corrected chi connectivity index (χ0v) is 17.8. The molecule has 0 saturated heterocycles. The zero-order chi connectivity index (χ0) is 22.1. The number of hydrogen-bond acceptors (Lipinski definition) is 6. The average molecular weight is 432 g/mol. The van der Waals surface area contributed by atoms with E-state index in [1.807, 2.05) is 20.8 Å². The normalized spacial score (nSPS) is 10.1. The van der Waals surface area contributed by atoms with Crippen molar-refractivity contribution in [3.63, 3.8) is 0 Å². The van der Waals surface area contributed by atoms with Gasteiger partial charge in [0.1, 0.15) is 0 Å². The maximum atomic E-state index is 12.7. The molecule has 8 nitrogen and oxygen atoms in total. The van der Waals surface area contributed by atoms with Gasteiger partial charge in [0.15, 0.2) is 16.6 Å². The summed E-state index contributed by atoms with van der Waals surface area (Å²) in [5, 5.41) is 14.5. The van der Waals surface area contributed by atoms with Crippen LogP contribution in [0.2, 0.25) is 0 Å². The van der Waals surface area contributed by atoms with Crippen LogP contribution in [0.15, 0.2) is 36.4 Å². The molecule has 0 heterocycles. The SMILES string of the molecule is CCOc1cc(C(=O)NC(=S)Nc2ccccc2C(=O)O)cc(OCC)c1OCC. The number of amides is 1. The Kier molecular flexibility index (Phi) is 8.42. The third kappa shape index (κ3) is 5.84. The Morgan fingerprint density at radius 2 is 1.53 bits per heavy atom. The summed E-state index contributed by atoms with van der Waals surface area (Å²) < 4.78 is 16.9. The second kappa shape index (κ2) is 11.0. The number of carbonyl (C=O) groups excluding carboxylic acids is 1. The summed E-state index contributed by atoms with van der Waals surface area (Å²) in [7, 11) is 0. The first-order chi connectivity index (χ1) is 14.4. The van der Waals surface area contributed by atoms with Gasteiger partial charge in [0.25, 0.3) is 5.91 Å². The van der Waals surface area contributed by atoms with Crippen molar-refractivity contribution in [1.82, 2.24) is 5.32 Å². The predicted molar refractivity (Wildman–Crippen MR) is 117 cm³/mol. The third-order valence-electron chi connectivity index (χ3n) is 3.80. The van der Waals surface area contributed by atoms with Crippen LogP contribution in [0.1, 0.15) is 41.5 Å². The molecule has 0 atom stereocenters. The number of ether oxygens (including phenoxy) is 3. The lowest BCUT2D eigenvalue weighted by atomic mass is 10.1. The number of rotatable bonds is 9. The van der Waals surface area contributed by atoms with Gasteiger partial charge in [-0.05, 0) is 57.3 Å². The molecule has 0 aliphatic carbocycles. The second-order valence-corrected chi connectivity index (χ2v) is 6.27. The molecule has 2 aromatic carbocycles. The van der Waals surface area contributed by atoms with Crippen LogP contribution in [-0.4, -0.2) is 41.9 Å². The maximum absolute atomic E-state index is 12.7. The summed E-state index contributed by atoms with van der Waals surface area (Å²) in [5.74, 6) is -0.434. The number of benzene rings is 2. The molecule has 160 valence electrons. The van der Waals surface area contributed by atoms with Crippen LogP contribution >= 0.6 is 12.2 Å². The van der Waals surface area contributed by atoms with Crippen LogP contribution in [0.4, 0.5) is 5.69 Å². The Bertz CT molecular complexity index is 904. The first kappa shape index (κ1) is 23.0. The molecule has 0 saturated carbocycles. The topological polar surface area (TPSA) is 106 Å². The molecule has 3 N–H and O–H groups in total. The smallest absolute Gasteiger partial charge is 0.337 e. The second-order valence-electron chi connectivity index (χ2n) is 5.86. The zero-order valence-electron chi connectivity index (χ0n) is 17.0. The number of carbonyl (C=O) groups is 2. The van der Waals surface area contributed by atoms with Crippen molar-refractivity contribution >= 4 is 34.9 Å². The van der Waals surface area contributed by atoms with Crippen molar-refractivity contribution in [2.45, 2.75) is 20.8 Å². The van der Waals surface area contributed by atoms with Crippen LogP contribution in [-0.2, 0) is 0 Å². The number of aromatic carboxylic acids is 1. The first-order valence-corrected chi connectivity index (χ1v) is 9.83. The van der Waals surface area contributed by atoms with Crippen LogP contribution in [0.25, 0.3) is 0 Å². The number of carboxylic acids is 1. The van der Waals surface area contributed by atoms with Gasteiger partial charge in [-0.25, -0.2) is 4.79 Å². The van der Waals surface area contributed by atoms with Crippen LogP contribution in [0.3, 0.4) is 0 Å². The van der Waals surface area contributed by atoms with Gasteiger partial charge in [0.05, 0.1) is 31.1 Å². The van der Waals surface area contributed by atoms with E-state index in [1.165, 1.54) is 6.07 Å². The molecule has 0 fully saturated rings. The molecular weight excluding hydrogens is 408 g/mol. The fraction of sp³-hybridized carbons (Fsp3) is 0.286. The summed E-state index contributed by atoms with van der Waals surface area (Å²) in [6, 6.07) is 9.33. The number of anilines is 1. The molecule has 30 heavy (non-hydrogen) atoms. The largest absolute Gasteiger partial charge is 0.490 e. The highest BCUT2D eigenvalue weighted by atomic mass is 32.1. The molecule has 2 rings (SSSR count). The van der Waals surface area contributed by atoms with Gasteiger partial charge in [0.2, 0.25) is 5.75 Å². The molecule has 0 unspecified atom stereocenters. The molecule has 2 aromatic rings. The molecule has 9 heteroatoms. The molecule has 0 bridgehead atoms. The van der Waals surface area contributed by atoms with E-state index >= 15 is 0 Å². The van der Waals surface area contributed by atoms with Gasteiger partial charge in [-0.1, -0.05) is 12.1 Å². The average Bonchev–Trinajstić information content (AvgIpc) is 2.70. The highest BCUT2D eigenvalue weighted by Crippen LogP contribution is 2.39. The van der Waals surface area contributed by atoms with E-state index in [0.29, 0.717) is 37.1 Å².